The number of amides is 1. The first-order chi connectivity index (χ1) is 9.54. The third kappa shape index (κ3) is 3.04. The number of nitro groups is 1. The highest BCUT2D eigenvalue weighted by atomic mass is 16.6. The number of unbranched alkanes of at least 4 members (excludes halogenated alkanes) is 1. The summed E-state index contributed by atoms with van der Waals surface area (Å²) in [6.07, 6.45) is 4.93. The van der Waals surface area contributed by atoms with E-state index in [4.69, 9.17) is 5.73 Å². The zero-order chi connectivity index (χ0) is 14.7. The summed E-state index contributed by atoms with van der Waals surface area (Å²) in [6, 6.07) is 1.46. The fourth-order valence-corrected chi connectivity index (χ4v) is 2.05. The van der Waals surface area contributed by atoms with Gasteiger partial charge in [-0.05, 0) is 19.3 Å². The molecule has 0 atom stereocenters. The van der Waals surface area contributed by atoms with E-state index in [0.717, 1.165) is 31.9 Å². The Hall–Kier alpha value is -2.18. The quantitative estimate of drug-likeness (QED) is 0.633. The van der Waals surface area contributed by atoms with Crippen molar-refractivity contribution in [1.29, 1.82) is 0 Å². The number of anilines is 1. The number of nitrogens with zero attached hydrogens (tertiary/aromatic N) is 3. The van der Waals surface area contributed by atoms with Crippen LogP contribution in [0.5, 0.6) is 0 Å². The maximum absolute atomic E-state index is 12.5. The molecule has 108 valence electrons. The third-order valence-electron chi connectivity index (χ3n) is 3.35. The fourth-order valence-electron chi connectivity index (χ4n) is 2.05. The number of hydrogen-bond acceptors (Lipinski definition) is 5. The molecule has 7 nitrogen and oxygen atoms in total. The van der Waals surface area contributed by atoms with Gasteiger partial charge < -0.3 is 10.6 Å². The van der Waals surface area contributed by atoms with Crippen LogP contribution in [-0.2, 0) is 0 Å². The van der Waals surface area contributed by atoms with Gasteiger partial charge in [-0.15, -0.1) is 0 Å². The normalized spacial score (nSPS) is 14.1. The monoisotopic (exact) mass is 278 g/mol. The number of pyridine rings is 1. The van der Waals surface area contributed by atoms with Crippen molar-refractivity contribution in [2.45, 2.75) is 38.6 Å². The molecular formula is C13H18N4O3. The van der Waals surface area contributed by atoms with Crippen LogP contribution in [0.3, 0.4) is 0 Å². The molecule has 1 amide bonds. The van der Waals surface area contributed by atoms with Gasteiger partial charge in [-0.1, -0.05) is 13.3 Å². The number of nitrogens with two attached hydrogens (primary N) is 1. The van der Waals surface area contributed by atoms with Crippen LogP contribution in [0.4, 0.5) is 11.5 Å². The Labute approximate surface area is 116 Å². The second-order valence-electron chi connectivity index (χ2n) is 4.97. The van der Waals surface area contributed by atoms with Crippen LogP contribution < -0.4 is 5.73 Å². The van der Waals surface area contributed by atoms with E-state index < -0.39 is 4.92 Å². The van der Waals surface area contributed by atoms with Gasteiger partial charge in [-0.25, -0.2) is 4.98 Å². The molecule has 7 heteroatoms. The first kappa shape index (κ1) is 14.2. The van der Waals surface area contributed by atoms with Crippen molar-refractivity contribution in [2.24, 2.45) is 0 Å². The van der Waals surface area contributed by atoms with Crippen LogP contribution in [0.2, 0.25) is 0 Å². The van der Waals surface area contributed by atoms with E-state index in [1.54, 1.807) is 4.90 Å². The molecule has 2 rings (SSSR count). The highest BCUT2D eigenvalue weighted by Gasteiger charge is 2.34. The number of carbonyl (C=O) groups excluding carboxylic acids is 1. The molecule has 20 heavy (non-hydrogen) atoms. The molecule has 0 bridgehead atoms. The van der Waals surface area contributed by atoms with Crippen molar-refractivity contribution in [1.82, 2.24) is 9.88 Å². The van der Waals surface area contributed by atoms with Gasteiger partial charge in [0.2, 0.25) is 0 Å². The van der Waals surface area contributed by atoms with E-state index in [9.17, 15) is 14.9 Å². The molecule has 0 aliphatic heterocycles. The fraction of sp³-hybridized carbons (Fsp3) is 0.538. The Balaban J connectivity index is 2.25. The highest BCUT2D eigenvalue weighted by Crippen LogP contribution is 2.30. The van der Waals surface area contributed by atoms with Gasteiger partial charge >= 0.3 is 0 Å². The lowest BCUT2D eigenvalue weighted by Crippen LogP contribution is -2.34. The summed E-state index contributed by atoms with van der Waals surface area (Å²) in [5, 5.41) is 10.8. The first-order valence-electron chi connectivity index (χ1n) is 6.75. The minimum atomic E-state index is -0.573. The predicted octanol–water partition coefficient (Wildman–Crippen LogP) is 1.98. The number of carbonyl (C=O) groups is 1. The SMILES string of the molecule is CCCCN(C(=O)c1cc([N+](=O)[O-])cnc1N)C1CC1. The largest absolute Gasteiger partial charge is 0.383 e. The maximum Gasteiger partial charge on any atom is 0.288 e. The maximum atomic E-state index is 12.5. The zero-order valence-corrected chi connectivity index (χ0v) is 11.4. The predicted molar refractivity (Wildman–Crippen MR) is 74.3 cm³/mol. The lowest BCUT2D eigenvalue weighted by atomic mass is 10.2. The average Bonchev–Trinajstić information content (AvgIpc) is 3.23. The van der Waals surface area contributed by atoms with E-state index >= 15 is 0 Å². The molecule has 1 saturated carbocycles. The lowest BCUT2D eigenvalue weighted by Gasteiger charge is -2.22. The summed E-state index contributed by atoms with van der Waals surface area (Å²) in [5.74, 6) is -0.211. The molecule has 1 aliphatic carbocycles. The summed E-state index contributed by atoms with van der Waals surface area (Å²) >= 11 is 0. The Bertz CT molecular complexity index is 528. The molecule has 1 heterocycles. The van der Waals surface area contributed by atoms with Crippen molar-refractivity contribution in [3.05, 3.63) is 27.9 Å². The Morgan fingerprint density at radius 1 is 1.60 bits per heavy atom. The Kier molecular flexibility index (Phi) is 4.16. The van der Waals surface area contributed by atoms with Gasteiger partial charge in [0.15, 0.2) is 0 Å². The van der Waals surface area contributed by atoms with E-state index in [1.165, 1.54) is 6.07 Å². The standard InChI is InChI=1S/C13H18N4O3/c1-2-3-6-16(9-4-5-9)13(18)11-7-10(17(19)20)8-15-12(11)14/h7-9H,2-6H2,1H3,(H2,14,15). The summed E-state index contributed by atoms with van der Waals surface area (Å²) < 4.78 is 0. The molecule has 1 fully saturated rings. The Morgan fingerprint density at radius 2 is 2.30 bits per heavy atom. The topological polar surface area (TPSA) is 102 Å². The van der Waals surface area contributed by atoms with Crippen LogP contribution in [0.1, 0.15) is 43.0 Å². The van der Waals surface area contributed by atoms with E-state index in [1.807, 2.05) is 0 Å². The number of aromatic nitrogens is 1. The van der Waals surface area contributed by atoms with Crippen molar-refractivity contribution < 1.29 is 9.72 Å². The molecule has 0 radical (unpaired) electrons. The molecule has 0 saturated heterocycles. The molecule has 0 unspecified atom stereocenters. The van der Waals surface area contributed by atoms with Crippen LogP contribution >= 0.6 is 0 Å². The van der Waals surface area contributed by atoms with Gasteiger partial charge in [0.25, 0.3) is 11.6 Å². The molecule has 2 N–H and O–H groups in total. The molecule has 1 aliphatic rings. The van der Waals surface area contributed by atoms with Crippen LogP contribution in [-0.4, -0.2) is 33.3 Å². The summed E-state index contributed by atoms with van der Waals surface area (Å²) in [5.41, 5.74) is 5.61. The summed E-state index contributed by atoms with van der Waals surface area (Å²) in [7, 11) is 0. The van der Waals surface area contributed by atoms with Crippen molar-refractivity contribution in [2.75, 3.05) is 12.3 Å². The number of nitrogen functional groups attached to an aromatic ring is 1. The van der Waals surface area contributed by atoms with Crippen molar-refractivity contribution in [3.63, 3.8) is 0 Å². The van der Waals surface area contributed by atoms with Gasteiger partial charge in [0.05, 0.1) is 10.5 Å². The van der Waals surface area contributed by atoms with Gasteiger partial charge in [-0.3, -0.25) is 14.9 Å². The first-order valence-corrected chi connectivity index (χ1v) is 6.75. The summed E-state index contributed by atoms with van der Waals surface area (Å²) in [4.78, 5) is 28.2. The number of hydrogen-bond donors (Lipinski definition) is 1. The third-order valence-corrected chi connectivity index (χ3v) is 3.35. The minimum Gasteiger partial charge on any atom is -0.383 e. The smallest absolute Gasteiger partial charge is 0.288 e. The molecular weight excluding hydrogens is 260 g/mol. The average molecular weight is 278 g/mol. The molecule has 0 spiro atoms. The van der Waals surface area contributed by atoms with Crippen LogP contribution in [0.25, 0.3) is 0 Å². The lowest BCUT2D eigenvalue weighted by molar-refractivity contribution is -0.385. The van der Waals surface area contributed by atoms with E-state index in [-0.39, 0.29) is 29.0 Å². The van der Waals surface area contributed by atoms with E-state index in [2.05, 4.69) is 11.9 Å². The molecule has 1 aromatic rings. The minimum absolute atomic E-state index is 0.0442. The number of rotatable bonds is 6. The second-order valence-corrected chi connectivity index (χ2v) is 4.97. The molecule has 0 aromatic carbocycles. The van der Waals surface area contributed by atoms with Crippen LogP contribution in [0, 0.1) is 10.1 Å². The van der Waals surface area contributed by atoms with Gasteiger partial charge in [0, 0.05) is 18.7 Å². The van der Waals surface area contributed by atoms with Crippen molar-refractivity contribution >= 4 is 17.4 Å². The Morgan fingerprint density at radius 3 is 2.85 bits per heavy atom. The van der Waals surface area contributed by atoms with E-state index in [0.29, 0.717) is 6.54 Å². The van der Waals surface area contributed by atoms with Crippen LogP contribution in [0.15, 0.2) is 12.3 Å². The molecule has 1 aromatic heterocycles. The zero-order valence-electron chi connectivity index (χ0n) is 11.4. The van der Waals surface area contributed by atoms with Crippen molar-refractivity contribution in [3.8, 4) is 0 Å². The second kappa shape index (κ2) is 5.85. The van der Waals surface area contributed by atoms with Gasteiger partial charge in [0.1, 0.15) is 12.0 Å². The highest BCUT2D eigenvalue weighted by molar-refractivity contribution is 5.99. The van der Waals surface area contributed by atoms with Gasteiger partial charge in [-0.2, -0.15) is 0 Å². The summed E-state index contributed by atoms with van der Waals surface area (Å²) in [6.45, 7) is 2.71.